The number of nitrogens with two attached hydrogens (primary N) is 1. The Hall–Kier alpha value is -1.10. The number of alkyl halides is 3. The lowest BCUT2D eigenvalue weighted by molar-refractivity contribution is -0.184. The number of aromatic nitrogens is 1. The van der Waals surface area contributed by atoms with Crippen LogP contribution in [0.2, 0.25) is 0 Å². The Morgan fingerprint density at radius 3 is 2.52 bits per heavy atom. The summed E-state index contributed by atoms with van der Waals surface area (Å²) in [6, 6.07) is 3.95. The maximum Gasteiger partial charge on any atom is 0.391 e. The summed E-state index contributed by atoms with van der Waals surface area (Å²) in [6.07, 6.45) is 1.33. The molecule has 0 aliphatic heterocycles. The van der Waals surface area contributed by atoms with E-state index < -0.39 is 12.1 Å². The zero-order chi connectivity index (χ0) is 15.0. The van der Waals surface area contributed by atoms with Gasteiger partial charge < -0.3 is 5.73 Å². The fraction of sp³-hybridized carbons (Fsp3) is 0.688. The van der Waals surface area contributed by atoms with Gasteiger partial charge >= 0.3 is 6.18 Å². The summed E-state index contributed by atoms with van der Waals surface area (Å²) in [7, 11) is 0. The average molecular weight is 298 g/mol. The van der Waals surface area contributed by atoms with Crippen molar-refractivity contribution in [2.75, 3.05) is 0 Å². The number of halogens is 3. The lowest BCUT2D eigenvalue weighted by Gasteiger charge is -2.35. The van der Waals surface area contributed by atoms with E-state index in [1.165, 1.54) is 5.56 Å². The van der Waals surface area contributed by atoms with E-state index in [-0.39, 0.29) is 30.7 Å². The molecule has 1 aromatic heterocycles. The molecule has 5 heteroatoms. The molecule has 2 N–H and O–H groups in total. The summed E-state index contributed by atoms with van der Waals surface area (Å²) >= 11 is 0. The van der Waals surface area contributed by atoms with Crippen molar-refractivity contribution in [3.05, 3.63) is 29.6 Å². The first-order valence-electron chi connectivity index (χ1n) is 7.73. The van der Waals surface area contributed by atoms with E-state index in [1.807, 2.05) is 6.07 Å². The van der Waals surface area contributed by atoms with E-state index in [4.69, 9.17) is 5.73 Å². The maximum absolute atomic E-state index is 12.7. The molecule has 0 aromatic carbocycles. The van der Waals surface area contributed by atoms with Gasteiger partial charge in [-0.25, -0.2) is 0 Å². The van der Waals surface area contributed by atoms with Gasteiger partial charge in [-0.05, 0) is 56.1 Å². The van der Waals surface area contributed by atoms with Crippen LogP contribution in [0.25, 0.3) is 0 Å². The number of aryl methyl sites for hydroxylation is 1. The van der Waals surface area contributed by atoms with Crippen LogP contribution in [0.3, 0.4) is 0 Å². The second-order valence-electron chi connectivity index (χ2n) is 6.42. The average Bonchev–Trinajstić information content (AvgIpc) is 2.90. The number of hydrogen-bond donors (Lipinski definition) is 1. The molecular formula is C16H21F3N2. The predicted molar refractivity (Wildman–Crippen MR) is 74.8 cm³/mol. The van der Waals surface area contributed by atoms with Crippen molar-refractivity contribution < 1.29 is 13.2 Å². The molecule has 21 heavy (non-hydrogen) atoms. The minimum Gasteiger partial charge on any atom is -0.327 e. The molecule has 2 atom stereocenters. The van der Waals surface area contributed by atoms with Gasteiger partial charge in [0, 0.05) is 23.9 Å². The van der Waals surface area contributed by atoms with Gasteiger partial charge in [-0.2, -0.15) is 13.2 Å². The fourth-order valence-electron chi connectivity index (χ4n) is 3.98. The topological polar surface area (TPSA) is 38.9 Å². The molecule has 2 nitrogen and oxygen atoms in total. The summed E-state index contributed by atoms with van der Waals surface area (Å²) in [4.78, 5) is 4.45. The van der Waals surface area contributed by atoms with Gasteiger partial charge in [-0.3, -0.25) is 4.98 Å². The Kier molecular flexibility index (Phi) is 3.95. The van der Waals surface area contributed by atoms with Gasteiger partial charge in [0.2, 0.25) is 0 Å². The molecule has 0 spiro atoms. The maximum atomic E-state index is 12.7. The number of hydrogen-bond acceptors (Lipinski definition) is 2. The largest absolute Gasteiger partial charge is 0.391 e. The van der Waals surface area contributed by atoms with Gasteiger partial charge in [0.15, 0.2) is 0 Å². The second kappa shape index (κ2) is 5.59. The molecule has 1 fully saturated rings. The monoisotopic (exact) mass is 298 g/mol. The molecule has 2 aliphatic carbocycles. The number of pyridine rings is 1. The van der Waals surface area contributed by atoms with Gasteiger partial charge in [-0.15, -0.1) is 0 Å². The minimum absolute atomic E-state index is 0.0599. The molecule has 1 aromatic rings. The first-order valence-corrected chi connectivity index (χ1v) is 7.73. The lowest BCUT2D eigenvalue weighted by Crippen LogP contribution is -2.39. The van der Waals surface area contributed by atoms with Crippen LogP contribution in [0, 0.1) is 11.8 Å². The Morgan fingerprint density at radius 1 is 1.14 bits per heavy atom. The number of fused-ring (bicyclic) bond motifs is 1. The third-order valence-corrected chi connectivity index (χ3v) is 5.25. The van der Waals surface area contributed by atoms with Crippen LogP contribution in [0.15, 0.2) is 18.3 Å². The zero-order valence-electron chi connectivity index (χ0n) is 11.9. The van der Waals surface area contributed by atoms with Crippen LogP contribution >= 0.6 is 0 Å². The highest BCUT2D eigenvalue weighted by molar-refractivity contribution is 5.30. The van der Waals surface area contributed by atoms with E-state index in [2.05, 4.69) is 11.1 Å². The summed E-state index contributed by atoms with van der Waals surface area (Å²) in [5.74, 6) is -0.717. The van der Waals surface area contributed by atoms with Crippen LogP contribution in [0.1, 0.15) is 49.3 Å². The molecule has 2 aliphatic rings. The lowest BCUT2D eigenvalue weighted by atomic mass is 9.74. The molecule has 116 valence electrons. The van der Waals surface area contributed by atoms with Crippen LogP contribution in [-0.2, 0) is 6.42 Å². The molecule has 0 radical (unpaired) electrons. The Bertz CT molecular complexity index is 493. The summed E-state index contributed by atoms with van der Waals surface area (Å²) in [6.45, 7) is 0. The Morgan fingerprint density at radius 2 is 1.86 bits per heavy atom. The van der Waals surface area contributed by atoms with Gasteiger partial charge in [0.05, 0.1) is 5.92 Å². The van der Waals surface area contributed by atoms with Crippen molar-refractivity contribution in [1.29, 1.82) is 0 Å². The molecule has 2 unspecified atom stereocenters. The van der Waals surface area contributed by atoms with E-state index in [1.54, 1.807) is 6.20 Å². The predicted octanol–water partition coefficient (Wildman–Crippen LogP) is 3.81. The summed E-state index contributed by atoms with van der Waals surface area (Å²) in [5, 5.41) is 0. The highest BCUT2D eigenvalue weighted by Crippen LogP contribution is 2.43. The minimum atomic E-state index is -4.05. The fourth-order valence-corrected chi connectivity index (χ4v) is 3.98. The SMILES string of the molecule is NC(C1CCC(C(F)(F)F)CC1)C1CCc2cccnc21. The van der Waals surface area contributed by atoms with E-state index in [9.17, 15) is 13.2 Å². The van der Waals surface area contributed by atoms with Gasteiger partial charge in [0.1, 0.15) is 0 Å². The van der Waals surface area contributed by atoms with Crippen LogP contribution in [0.4, 0.5) is 13.2 Å². The van der Waals surface area contributed by atoms with Crippen molar-refractivity contribution in [3.8, 4) is 0 Å². The standard InChI is InChI=1S/C16H21F3N2/c17-16(18,19)12-6-3-10(4-7-12)14(20)13-8-5-11-2-1-9-21-15(11)13/h1-2,9-10,12-14H,3-8,20H2. The summed E-state index contributed by atoms with van der Waals surface area (Å²) < 4.78 is 38.2. The number of nitrogens with zero attached hydrogens (tertiary/aromatic N) is 1. The normalized spacial score (nSPS) is 31.0. The molecule has 3 rings (SSSR count). The van der Waals surface area contributed by atoms with Crippen LogP contribution in [-0.4, -0.2) is 17.2 Å². The van der Waals surface area contributed by atoms with Crippen molar-refractivity contribution in [3.63, 3.8) is 0 Å². The van der Waals surface area contributed by atoms with E-state index >= 15 is 0 Å². The molecule has 0 amide bonds. The zero-order valence-corrected chi connectivity index (χ0v) is 11.9. The summed E-state index contributed by atoms with van der Waals surface area (Å²) in [5.41, 5.74) is 8.73. The van der Waals surface area contributed by atoms with Gasteiger partial charge in [-0.1, -0.05) is 6.07 Å². The number of rotatable bonds is 2. The third-order valence-electron chi connectivity index (χ3n) is 5.25. The molecule has 1 saturated carbocycles. The Labute approximate surface area is 122 Å². The van der Waals surface area contributed by atoms with E-state index in [0.29, 0.717) is 12.8 Å². The van der Waals surface area contributed by atoms with Crippen LogP contribution in [0.5, 0.6) is 0 Å². The van der Waals surface area contributed by atoms with Crippen molar-refractivity contribution >= 4 is 0 Å². The molecular weight excluding hydrogens is 277 g/mol. The van der Waals surface area contributed by atoms with Crippen molar-refractivity contribution in [2.24, 2.45) is 17.6 Å². The molecule has 0 saturated heterocycles. The van der Waals surface area contributed by atoms with E-state index in [0.717, 1.165) is 18.5 Å². The highest BCUT2D eigenvalue weighted by Gasteiger charge is 2.43. The van der Waals surface area contributed by atoms with Crippen molar-refractivity contribution in [1.82, 2.24) is 4.98 Å². The highest BCUT2D eigenvalue weighted by atomic mass is 19.4. The first kappa shape index (κ1) is 14.8. The molecule has 1 heterocycles. The molecule has 0 bridgehead atoms. The van der Waals surface area contributed by atoms with Crippen molar-refractivity contribution in [2.45, 2.75) is 56.7 Å². The smallest absolute Gasteiger partial charge is 0.327 e. The van der Waals surface area contributed by atoms with Crippen LogP contribution < -0.4 is 5.73 Å². The second-order valence-corrected chi connectivity index (χ2v) is 6.42. The Balaban J connectivity index is 1.64. The quantitative estimate of drug-likeness (QED) is 0.901. The van der Waals surface area contributed by atoms with Gasteiger partial charge in [0.25, 0.3) is 0 Å². The third kappa shape index (κ3) is 2.93. The first-order chi connectivity index (χ1) is 9.97.